The molecule has 14 heavy (non-hydrogen) atoms. The van der Waals surface area contributed by atoms with Crippen LogP contribution in [0.1, 0.15) is 27.7 Å². The van der Waals surface area contributed by atoms with Crippen LogP contribution in [0.25, 0.3) is 0 Å². The van der Waals surface area contributed by atoms with Crippen molar-refractivity contribution in [3.8, 4) is 0 Å². The standard InChI is InChI=1S/C11H12O2S/c1-7-3-4-14-11(7)10(12)9-6-13-5-8(9)2/h3-6,10,12H,1-2H3. The molecule has 0 saturated carbocycles. The Morgan fingerprint density at radius 1 is 1.29 bits per heavy atom. The van der Waals surface area contributed by atoms with E-state index in [0.29, 0.717) is 0 Å². The van der Waals surface area contributed by atoms with Crippen LogP contribution in [-0.2, 0) is 0 Å². The van der Waals surface area contributed by atoms with Crippen molar-refractivity contribution >= 4 is 11.3 Å². The monoisotopic (exact) mass is 208 g/mol. The van der Waals surface area contributed by atoms with E-state index in [1.165, 1.54) is 0 Å². The maximum atomic E-state index is 10.1. The Hall–Kier alpha value is -1.06. The van der Waals surface area contributed by atoms with Gasteiger partial charge in [0.15, 0.2) is 0 Å². The van der Waals surface area contributed by atoms with Crippen LogP contribution in [0, 0.1) is 13.8 Å². The molecular formula is C11H12O2S. The lowest BCUT2D eigenvalue weighted by Crippen LogP contribution is -1.98. The van der Waals surface area contributed by atoms with Crippen LogP contribution in [0.5, 0.6) is 0 Å². The van der Waals surface area contributed by atoms with Gasteiger partial charge >= 0.3 is 0 Å². The van der Waals surface area contributed by atoms with E-state index in [-0.39, 0.29) is 0 Å². The fourth-order valence-corrected chi connectivity index (χ4v) is 2.38. The number of hydrogen-bond donors (Lipinski definition) is 1. The van der Waals surface area contributed by atoms with Gasteiger partial charge in [0.25, 0.3) is 0 Å². The van der Waals surface area contributed by atoms with Gasteiger partial charge in [-0.05, 0) is 36.4 Å². The Bertz CT molecular complexity index is 388. The van der Waals surface area contributed by atoms with Crippen molar-refractivity contribution in [2.24, 2.45) is 0 Å². The quantitative estimate of drug-likeness (QED) is 0.823. The summed E-state index contributed by atoms with van der Waals surface area (Å²) in [5, 5.41) is 12.1. The van der Waals surface area contributed by atoms with Crippen LogP contribution in [0.2, 0.25) is 0 Å². The molecule has 2 nitrogen and oxygen atoms in total. The molecule has 0 fully saturated rings. The summed E-state index contributed by atoms with van der Waals surface area (Å²) in [6, 6.07) is 2.01. The SMILES string of the molecule is Cc1cocc1C(O)c1sccc1C. The fourth-order valence-electron chi connectivity index (χ4n) is 1.46. The van der Waals surface area contributed by atoms with Crippen molar-refractivity contribution < 1.29 is 9.52 Å². The minimum Gasteiger partial charge on any atom is -0.472 e. The first-order valence-electron chi connectivity index (χ1n) is 4.45. The first-order chi connectivity index (χ1) is 6.70. The van der Waals surface area contributed by atoms with Gasteiger partial charge in [0.1, 0.15) is 6.10 Å². The third-order valence-corrected chi connectivity index (χ3v) is 3.41. The summed E-state index contributed by atoms with van der Waals surface area (Å²) in [6.07, 6.45) is 2.72. The number of aryl methyl sites for hydroxylation is 2. The summed E-state index contributed by atoms with van der Waals surface area (Å²) in [6.45, 7) is 3.94. The zero-order valence-electron chi connectivity index (χ0n) is 8.15. The molecule has 0 bridgehead atoms. The predicted molar refractivity (Wildman–Crippen MR) is 56.6 cm³/mol. The highest BCUT2D eigenvalue weighted by molar-refractivity contribution is 7.10. The molecule has 2 rings (SSSR count). The van der Waals surface area contributed by atoms with Gasteiger partial charge in [-0.1, -0.05) is 0 Å². The molecule has 0 aliphatic carbocycles. The molecule has 2 aromatic rings. The van der Waals surface area contributed by atoms with Crippen LogP contribution >= 0.6 is 11.3 Å². The second-order valence-corrected chi connectivity index (χ2v) is 4.33. The Balaban J connectivity index is 2.38. The molecule has 2 heterocycles. The fraction of sp³-hybridized carbons (Fsp3) is 0.273. The largest absolute Gasteiger partial charge is 0.472 e. The second-order valence-electron chi connectivity index (χ2n) is 3.38. The number of thiophene rings is 1. The van der Waals surface area contributed by atoms with Crippen molar-refractivity contribution in [1.82, 2.24) is 0 Å². The van der Waals surface area contributed by atoms with E-state index >= 15 is 0 Å². The third kappa shape index (κ3) is 1.49. The van der Waals surface area contributed by atoms with E-state index in [2.05, 4.69) is 0 Å². The second kappa shape index (κ2) is 3.59. The van der Waals surface area contributed by atoms with Crippen molar-refractivity contribution in [1.29, 1.82) is 0 Å². The molecular weight excluding hydrogens is 196 g/mol. The molecule has 2 aromatic heterocycles. The maximum absolute atomic E-state index is 10.1. The van der Waals surface area contributed by atoms with Crippen LogP contribution in [0.4, 0.5) is 0 Å². The van der Waals surface area contributed by atoms with Crippen LogP contribution in [0.3, 0.4) is 0 Å². The lowest BCUT2D eigenvalue weighted by atomic mass is 10.1. The van der Waals surface area contributed by atoms with Gasteiger partial charge in [-0.25, -0.2) is 0 Å². The van der Waals surface area contributed by atoms with Crippen LogP contribution < -0.4 is 0 Å². The lowest BCUT2D eigenvalue weighted by Gasteiger charge is -2.08. The molecule has 0 aromatic carbocycles. The van der Waals surface area contributed by atoms with E-state index in [0.717, 1.165) is 21.6 Å². The number of aliphatic hydroxyl groups is 1. The normalized spacial score (nSPS) is 13.1. The minimum atomic E-state index is -0.547. The summed E-state index contributed by atoms with van der Waals surface area (Å²) in [7, 11) is 0. The van der Waals surface area contributed by atoms with E-state index in [9.17, 15) is 5.11 Å². The zero-order valence-corrected chi connectivity index (χ0v) is 8.97. The Morgan fingerprint density at radius 2 is 2.07 bits per heavy atom. The summed E-state index contributed by atoms with van der Waals surface area (Å²) in [5.74, 6) is 0. The van der Waals surface area contributed by atoms with Crippen LogP contribution in [-0.4, -0.2) is 5.11 Å². The molecule has 0 spiro atoms. The van der Waals surface area contributed by atoms with Gasteiger partial charge in [0.05, 0.1) is 12.5 Å². The predicted octanol–water partition coefficient (Wildman–Crippen LogP) is 3.04. The molecule has 1 atom stereocenters. The molecule has 0 saturated heterocycles. The topological polar surface area (TPSA) is 33.4 Å². The molecule has 1 unspecified atom stereocenters. The molecule has 1 N–H and O–H groups in total. The summed E-state index contributed by atoms with van der Waals surface area (Å²) >= 11 is 1.57. The number of hydrogen-bond acceptors (Lipinski definition) is 3. The van der Waals surface area contributed by atoms with Crippen molar-refractivity contribution in [3.63, 3.8) is 0 Å². The molecule has 0 radical (unpaired) electrons. The Kier molecular flexibility index (Phi) is 2.44. The van der Waals surface area contributed by atoms with E-state index in [1.54, 1.807) is 23.9 Å². The molecule has 0 aliphatic rings. The third-order valence-electron chi connectivity index (χ3n) is 2.34. The van der Waals surface area contributed by atoms with E-state index in [1.807, 2.05) is 25.3 Å². The summed E-state index contributed by atoms with van der Waals surface area (Å²) < 4.78 is 5.05. The first kappa shape index (κ1) is 9.49. The zero-order chi connectivity index (χ0) is 10.1. The Morgan fingerprint density at radius 3 is 2.57 bits per heavy atom. The van der Waals surface area contributed by atoms with E-state index in [4.69, 9.17) is 4.42 Å². The highest BCUT2D eigenvalue weighted by atomic mass is 32.1. The highest BCUT2D eigenvalue weighted by Crippen LogP contribution is 2.31. The first-order valence-corrected chi connectivity index (χ1v) is 5.33. The van der Waals surface area contributed by atoms with Crippen molar-refractivity contribution in [2.75, 3.05) is 0 Å². The van der Waals surface area contributed by atoms with Crippen molar-refractivity contribution in [3.05, 3.63) is 45.5 Å². The molecule has 3 heteroatoms. The van der Waals surface area contributed by atoms with E-state index < -0.39 is 6.10 Å². The van der Waals surface area contributed by atoms with Gasteiger partial charge < -0.3 is 9.52 Å². The van der Waals surface area contributed by atoms with Gasteiger partial charge in [0.2, 0.25) is 0 Å². The van der Waals surface area contributed by atoms with Gasteiger partial charge in [0, 0.05) is 10.4 Å². The molecule has 0 amide bonds. The molecule has 74 valence electrons. The number of furan rings is 1. The average Bonchev–Trinajstić information content (AvgIpc) is 2.73. The smallest absolute Gasteiger partial charge is 0.117 e. The Labute approximate surface area is 86.8 Å². The van der Waals surface area contributed by atoms with Gasteiger partial charge in [-0.15, -0.1) is 11.3 Å². The van der Waals surface area contributed by atoms with Crippen LogP contribution in [0.15, 0.2) is 28.4 Å². The van der Waals surface area contributed by atoms with Gasteiger partial charge in [-0.3, -0.25) is 0 Å². The summed E-state index contributed by atoms with van der Waals surface area (Å²) in [4.78, 5) is 0.995. The average molecular weight is 208 g/mol. The number of rotatable bonds is 2. The maximum Gasteiger partial charge on any atom is 0.117 e. The van der Waals surface area contributed by atoms with Gasteiger partial charge in [-0.2, -0.15) is 0 Å². The summed E-state index contributed by atoms with van der Waals surface area (Å²) in [5.41, 5.74) is 2.98. The number of aliphatic hydroxyl groups excluding tert-OH is 1. The minimum absolute atomic E-state index is 0.547. The molecule has 0 aliphatic heterocycles. The highest BCUT2D eigenvalue weighted by Gasteiger charge is 2.17. The lowest BCUT2D eigenvalue weighted by molar-refractivity contribution is 0.222. The van der Waals surface area contributed by atoms with Crippen molar-refractivity contribution in [2.45, 2.75) is 20.0 Å².